The van der Waals surface area contributed by atoms with Gasteiger partial charge in [0.25, 0.3) is 12.3 Å². The number of rotatable bonds is 5. The smallest absolute Gasteiger partial charge is 0.278 e. The van der Waals surface area contributed by atoms with E-state index in [0.29, 0.717) is 13.2 Å². The summed E-state index contributed by atoms with van der Waals surface area (Å²) in [6.07, 6.45) is -1.94. The van der Waals surface area contributed by atoms with E-state index in [1.165, 1.54) is 7.05 Å². The molecule has 2 rings (SSSR count). The third-order valence-corrected chi connectivity index (χ3v) is 4.61. The molecule has 0 aliphatic carbocycles. The number of alkyl halides is 2. The van der Waals surface area contributed by atoms with E-state index in [1.807, 2.05) is 18.2 Å². The second kappa shape index (κ2) is 10.2. The fraction of sp³-hybridized carbons (Fsp3) is 0.455. The maximum absolute atomic E-state index is 13.0. The van der Waals surface area contributed by atoms with Crippen LogP contribution in [0.1, 0.15) is 31.9 Å². The Balaban J connectivity index is 2.31. The molecule has 1 aromatic rings. The number of benzene rings is 1. The summed E-state index contributed by atoms with van der Waals surface area (Å²) >= 11 is 0. The molecular weight excluding hydrogens is 390 g/mol. The normalized spacial score (nSPS) is 15.2. The Morgan fingerprint density at radius 1 is 1.47 bits per heavy atom. The van der Waals surface area contributed by atoms with Crippen molar-refractivity contribution in [3.63, 3.8) is 0 Å². The molecule has 0 bridgehead atoms. The zero-order valence-electron chi connectivity index (χ0n) is 17.8. The van der Waals surface area contributed by atoms with Crippen LogP contribution in [0.4, 0.5) is 14.5 Å². The maximum atomic E-state index is 13.0. The van der Waals surface area contributed by atoms with Gasteiger partial charge in [-0.25, -0.2) is 8.78 Å². The first-order valence-electron chi connectivity index (χ1n) is 9.70. The van der Waals surface area contributed by atoms with Gasteiger partial charge >= 0.3 is 0 Å². The van der Waals surface area contributed by atoms with Crippen molar-refractivity contribution in [3.8, 4) is 11.8 Å². The molecule has 0 radical (unpaired) electrons. The number of hydrogen-bond donors (Lipinski definition) is 2. The van der Waals surface area contributed by atoms with Gasteiger partial charge in [-0.15, -0.1) is 0 Å². The Kier molecular flexibility index (Phi) is 7.95. The molecule has 0 fully saturated rings. The third-order valence-electron chi connectivity index (χ3n) is 4.61. The van der Waals surface area contributed by atoms with Gasteiger partial charge in [0, 0.05) is 43.2 Å². The van der Waals surface area contributed by atoms with Gasteiger partial charge in [-0.1, -0.05) is 17.9 Å². The van der Waals surface area contributed by atoms with E-state index in [1.54, 1.807) is 13.8 Å². The lowest BCUT2D eigenvalue weighted by Gasteiger charge is -2.23. The van der Waals surface area contributed by atoms with E-state index in [4.69, 9.17) is 10.5 Å². The molecule has 3 N–H and O–H groups in total. The first-order chi connectivity index (χ1) is 14.2. The van der Waals surface area contributed by atoms with Crippen molar-refractivity contribution in [2.24, 2.45) is 10.7 Å². The Hall–Kier alpha value is -2.92. The van der Waals surface area contributed by atoms with Crippen LogP contribution in [0.3, 0.4) is 0 Å². The summed E-state index contributed by atoms with van der Waals surface area (Å²) in [7, 11) is 1.37. The first kappa shape index (κ1) is 23.4. The maximum Gasteiger partial charge on any atom is 0.278 e. The molecule has 0 saturated carbocycles. The van der Waals surface area contributed by atoms with Crippen LogP contribution >= 0.6 is 0 Å². The number of carbonyl (C=O) groups excluding carboxylic acids is 1. The number of amides is 1. The van der Waals surface area contributed by atoms with Gasteiger partial charge in [0.05, 0.1) is 30.0 Å². The topological polar surface area (TPSA) is 80.0 Å². The quantitative estimate of drug-likeness (QED) is 0.437. The summed E-state index contributed by atoms with van der Waals surface area (Å²) in [6.45, 7) is 8.21. The summed E-state index contributed by atoms with van der Waals surface area (Å²) in [5, 5.41) is 2.64. The zero-order valence-corrected chi connectivity index (χ0v) is 17.8. The SMILES string of the molecule is CCN1CCOCc2c(C#CC(C)(C)NC(=O)C(C=NC)=C(N)C(F)F)cccc21. The molecule has 1 amide bonds. The van der Waals surface area contributed by atoms with Crippen LogP contribution < -0.4 is 16.0 Å². The van der Waals surface area contributed by atoms with Crippen molar-refractivity contribution in [1.82, 2.24) is 5.32 Å². The van der Waals surface area contributed by atoms with Crippen molar-refractivity contribution < 1.29 is 18.3 Å². The summed E-state index contributed by atoms with van der Waals surface area (Å²) in [6, 6.07) is 5.88. The van der Waals surface area contributed by atoms with Crippen molar-refractivity contribution in [2.75, 3.05) is 31.6 Å². The highest BCUT2D eigenvalue weighted by molar-refractivity contribution is 6.13. The Morgan fingerprint density at radius 3 is 2.83 bits per heavy atom. The molecule has 0 atom stereocenters. The van der Waals surface area contributed by atoms with Crippen molar-refractivity contribution >= 4 is 17.8 Å². The molecule has 1 heterocycles. The van der Waals surface area contributed by atoms with Gasteiger partial charge in [0.2, 0.25) is 0 Å². The number of carbonyl (C=O) groups is 1. The number of nitrogens with one attached hydrogen (secondary N) is 1. The summed E-state index contributed by atoms with van der Waals surface area (Å²) in [5.41, 5.74) is 6.05. The van der Waals surface area contributed by atoms with Gasteiger partial charge in [-0.2, -0.15) is 0 Å². The number of anilines is 1. The minimum atomic E-state index is -2.96. The minimum Gasteiger partial charge on any atom is -0.397 e. The summed E-state index contributed by atoms with van der Waals surface area (Å²) in [5.74, 6) is 5.38. The second-order valence-electron chi connectivity index (χ2n) is 7.32. The molecular formula is C22H28F2N4O2. The molecule has 1 aliphatic rings. The van der Waals surface area contributed by atoms with Gasteiger partial charge < -0.3 is 20.7 Å². The largest absolute Gasteiger partial charge is 0.397 e. The number of likely N-dealkylation sites (N-methyl/N-ethyl adjacent to an activating group) is 1. The predicted octanol–water partition coefficient (Wildman–Crippen LogP) is 2.47. The molecule has 1 aromatic carbocycles. The number of halogens is 2. The van der Waals surface area contributed by atoms with Crippen LogP contribution in [0.15, 0.2) is 34.5 Å². The Morgan fingerprint density at radius 2 is 2.20 bits per heavy atom. The number of ether oxygens (including phenoxy) is 1. The van der Waals surface area contributed by atoms with E-state index in [2.05, 4.69) is 34.0 Å². The number of hydrogen-bond acceptors (Lipinski definition) is 5. The van der Waals surface area contributed by atoms with E-state index >= 15 is 0 Å². The standard InChI is InChI=1S/C22H28F2N4O2/c1-5-28-11-12-30-14-17-15(7-6-8-18(17)28)9-10-22(2,3)27-21(29)16(13-26-4)19(25)20(23)24/h6-8,13,20H,5,11-12,14,25H2,1-4H3,(H,27,29). The molecule has 30 heavy (non-hydrogen) atoms. The average molecular weight is 418 g/mol. The van der Waals surface area contributed by atoms with Crippen LogP contribution in [0.2, 0.25) is 0 Å². The average Bonchev–Trinajstić information content (AvgIpc) is 2.91. The van der Waals surface area contributed by atoms with Crippen molar-refractivity contribution in [2.45, 2.75) is 39.3 Å². The van der Waals surface area contributed by atoms with Gasteiger partial charge in [0.15, 0.2) is 0 Å². The number of nitrogens with zero attached hydrogens (tertiary/aromatic N) is 2. The highest BCUT2D eigenvalue weighted by Crippen LogP contribution is 2.26. The second-order valence-corrected chi connectivity index (χ2v) is 7.32. The van der Waals surface area contributed by atoms with Crippen LogP contribution in [0, 0.1) is 11.8 Å². The molecule has 1 aliphatic heterocycles. The zero-order chi connectivity index (χ0) is 22.3. The lowest BCUT2D eigenvalue weighted by atomic mass is 10.0. The Labute approximate surface area is 176 Å². The molecule has 0 saturated heterocycles. The molecule has 0 unspecified atom stereocenters. The van der Waals surface area contributed by atoms with E-state index in [-0.39, 0.29) is 5.57 Å². The molecule has 0 spiro atoms. The van der Waals surface area contributed by atoms with Gasteiger partial charge in [0.1, 0.15) is 0 Å². The van der Waals surface area contributed by atoms with E-state index < -0.39 is 23.6 Å². The number of fused-ring (bicyclic) bond motifs is 1. The highest BCUT2D eigenvalue weighted by atomic mass is 19.3. The lowest BCUT2D eigenvalue weighted by molar-refractivity contribution is -0.118. The van der Waals surface area contributed by atoms with E-state index in [9.17, 15) is 13.6 Å². The third kappa shape index (κ3) is 5.80. The number of aliphatic imine (C=N–C) groups is 1. The van der Waals surface area contributed by atoms with Crippen molar-refractivity contribution in [3.05, 3.63) is 40.6 Å². The molecule has 8 heteroatoms. The van der Waals surface area contributed by atoms with E-state index in [0.717, 1.165) is 36.1 Å². The lowest BCUT2D eigenvalue weighted by Crippen LogP contribution is -2.44. The molecule has 6 nitrogen and oxygen atoms in total. The first-order valence-corrected chi connectivity index (χ1v) is 9.70. The molecule has 0 aromatic heterocycles. The van der Waals surface area contributed by atoms with Crippen molar-refractivity contribution in [1.29, 1.82) is 0 Å². The van der Waals surface area contributed by atoms with Crippen LogP contribution in [-0.4, -0.2) is 50.8 Å². The Bertz CT molecular complexity index is 898. The van der Waals surface area contributed by atoms with Gasteiger partial charge in [-0.05, 0) is 32.9 Å². The summed E-state index contributed by atoms with van der Waals surface area (Å²) < 4.78 is 31.6. The molecule has 162 valence electrons. The monoisotopic (exact) mass is 418 g/mol. The number of nitrogens with two attached hydrogens (primary N) is 1. The van der Waals surface area contributed by atoms with Crippen LogP contribution in [-0.2, 0) is 16.1 Å². The van der Waals surface area contributed by atoms with Crippen LogP contribution in [0.25, 0.3) is 0 Å². The fourth-order valence-corrected chi connectivity index (χ4v) is 3.05. The van der Waals surface area contributed by atoms with Crippen LogP contribution in [0.5, 0.6) is 0 Å². The minimum absolute atomic E-state index is 0.372. The van der Waals surface area contributed by atoms with Gasteiger partial charge in [-0.3, -0.25) is 9.79 Å². The number of allylic oxidation sites excluding steroid dienone is 1. The highest BCUT2D eigenvalue weighted by Gasteiger charge is 2.24. The summed E-state index contributed by atoms with van der Waals surface area (Å²) in [4.78, 5) is 18.4. The fourth-order valence-electron chi connectivity index (χ4n) is 3.05. The predicted molar refractivity (Wildman–Crippen MR) is 115 cm³/mol.